The summed E-state index contributed by atoms with van der Waals surface area (Å²) >= 11 is 0. The van der Waals surface area contributed by atoms with Gasteiger partial charge in [-0.25, -0.2) is 8.42 Å². The number of carbonyl (C=O) groups is 1. The van der Waals surface area contributed by atoms with Crippen LogP contribution in [0.1, 0.15) is 78.8 Å². The normalized spacial score (nSPS) is 15.2. The Balaban J connectivity index is 1.82. The van der Waals surface area contributed by atoms with Crippen LogP contribution in [0.3, 0.4) is 0 Å². The number of hydrogen-bond acceptors (Lipinski definition) is 3. The fourth-order valence-electron chi connectivity index (χ4n) is 4.47. The minimum atomic E-state index is -3.39. The summed E-state index contributed by atoms with van der Waals surface area (Å²) < 4.78 is 29.2. The second-order valence-electron chi connectivity index (χ2n) is 8.30. The second kappa shape index (κ2) is 9.25. The summed E-state index contributed by atoms with van der Waals surface area (Å²) in [6.07, 6.45) is 6.64. The maximum atomic E-state index is 13.1. The zero-order chi connectivity index (χ0) is 21.9. The Morgan fingerprint density at radius 1 is 1.10 bits per heavy atom. The Labute approximate surface area is 180 Å². The molecule has 30 heavy (non-hydrogen) atoms. The molecule has 1 aromatic carbocycles. The van der Waals surface area contributed by atoms with E-state index in [0.29, 0.717) is 35.0 Å². The van der Waals surface area contributed by atoms with Crippen LogP contribution in [0.15, 0.2) is 24.3 Å². The number of aromatic nitrogens is 1. The van der Waals surface area contributed by atoms with Crippen LogP contribution in [0.4, 0.5) is 11.4 Å². The third-order valence-electron chi connectivity index (χ3n) is 5.99. The first-order valence-corrected chi connectivity index (χ1v) is 12.5. The fourth-order valence-corrected chi connectivity index (χ4v) is 5.66. The molecule has 0 atom stereocenters. The van der Waals surface area contributed by atoms with Crippen molar-refractivity contribution in [2.45, 2.75) is 72.3 Å². The van der Waals surface area contributed by atoms with Gasteiger partial charge < -0.3 is 9.88 Å². The molecule has 164 valence electrons. The molecule has 0 aliphatic heterocycles. The van der Waals surface area contributed by atoms with Crippen molar-refractivity contribution in [1.29, 1.82) is 0 Å². The number of anilines is 2. The molecule has 0 saturated heterocycles. The average Bonchev–Trinajstić information content (AvgIpc) is 2.99. The molecular weight excluding hydrogens is 398 g/mol. The van der Waals surface area contributed by atoms with Gasteiger partial charge in [0, 0.05) is 23.1 Å². The van der Waals surface area contributed by atoms with Gasteiger partial charge in [-0.2, -0.15) is 0 Å². The van der Waals surface area contributed by atoms with E-state index in [0.717, 1.165) is 24.2 Å². The van der Waals surface area contributed by atoms with E-state index in [2.05, 4.69) is 21.5 Å². The molecule has 1 aliphatic rings. The van der Waals surface area contributed by atoms with E-state index < -0.39 is 10.0 Å². The lowest BCUT2D eigenvalue weighted by Crippen LogP contribution is -2.19. The van der Waals surface area contributed by atoms with E-state index >= 15 is 0 Å². The summed E-state index contributed by atoms with van der Waals surface area (Å²) in [6.45, 7) is 7.71. The van der Waals surface area contributed by atoms with Gasteiger partial charge in [0.2, 0.25) is 10.0 Å². The van der Waals surface area contributed by atoms with Crippen molar-refractivity contribution < 1.29 is 13.2 Å². The number of rotatable bonds is 7. The highest BCUT2D eigenvalue weighted by molar-refractivity contribution is 7.92. The molecule has 0 bridgehead atoms. The largest absolute Gasteiger partial charge is 0.345 e. The van der Waals surface area contributed by atoms with Crippen LogP contribution in [0.5, 0.6) is 0 Å². The van der Waals surface area contributed by atoms with E-state index in [-0.39, 0.29) is 11.7 Å². The SMILES string of the molecule is CCCS(=O)(=O)Nc1cccc(NC(=O)c2cc(C)n(C3CCCCC3)c2C)c1C. The molecule has 2 aromatic rings. The van der Waals surface area contributed by atoms with Crippen molar-refractivity contribution in [3.63, 3.8) is 0 Å². The van der Waals surface area contributed by atoms with Gasteiger partial charge in [-0.05, 0) is 63.8 Å². The highest BCUT2D eigenvalue weighted by Crippen LogP contribution is 2.32. The van der Waals surface area contributed by atoms with E-state index in [9.17, 15) is 13.2 Å². The summed E-state index contributed by atoms with van der Waals surface area (Å²) in [7, 11) is -3.39. The molecule has 7 heteroatoms. The lowest BCUT2D eigenvalue weighted by atomic mass is 9.95. The number of hydrogen-bond donors (Lipinski definition) is 2. The van der Waals surface area contributed by atoms with Crippen molar-refractivity contribution >= 4 is 27.3 Å². The van der Waals surface area contributed by atoms with Crippen molar-refractivity contribution in [1.82, 2.24) is 4.57 Å². The maximum absolute atomic E-state index is 13.1. The summed E-state index contributed by atoms with van der Waals surface area (Å²) in [4.78, 5) is 13.1. The van der Waals surface area contributed by atoms with Crippen LogP contribution in [0.2, 0.25) is 0 Å². The molecule has 2 N–H and O–H groups in total. The molecule has 1 aliphatic carbocycles. The lowest BCUT2D eigenvalue weighted by Gasteiger charge is -2.26. The highest BCUT2D eigenvalue weighted by Gasteiger charge is 2.23. The molecule has 0 spiro atoms. The predicted octanol–water partition coefficient (Wildman–Crippen LogP) is 5.32. The van der Waals surface area contributed by atoms with Gasteiger partial charge in [-0.3, -0.25) is 9.52 Å². The maximum Gasteiger partial charge on any atom is 0.257 e. The Morgan fingerprint density at radius 2 is 1.77 bits per heavy atom. The number of benzene rings is 1. The molecule has 1 heterocycles. The third-order valence-corrected chi connectivity index (χ3v) is 7.47. The predicted molar refractivity (Wildman–Crippen MR) is 123 cm³/mol. The minimum absolute atomic E-state index is 0.0657. The monoisotopic (exact) mass is 431 g/mol. The van der Waals surface area contributed by atoms with E-state index in [1.165, 1.54) is 19.3 Å². The van der Waals surface area contributed by atoms with Gasteiger partial charge in [-0.1, -0.05) is 32.3 Å². The van der Waals surface area contributed by atoms with Crippen molar-refractivity contribution in [2.24, 2.45) is 0 Å². The third kappa shape index (κ3) is 4.89. The van der Waals surface area contributed by atoms with E-state index in [1.807, 2.05) is 26.8 Å². The fraction of sp³-hybridized carbons (Fsp3) is 0.522. The molecular formula is C23H33N3O3S. The smallest absolute Gasteiger partial charge is 0.257 e. The first-order chi connectivity index (χ1) is 14.2. The van der Waals surface area contributed by atoms with Gasteiger partial charge in [0.25, 0.3) is 5.91 Å². The van der Waals surface area contributed by atoms with Crippen LogP contribution in [-0.4, -0.2) is 24.6 Å². The zero-order valence-corrected chi connectivity index (χ0v) is 19.2. The summed E-state index contributed by atoms with van der Waals surface area (Å²) in [5, 5.41) is 2.98. The molecule has 1 fully saturated rings. The van der Waals surface area contributed by atoms with Gasteiger partial charge >= 0.3 is 0 Å². The Morgan fingerprint density at radius 3 is 2.43 bits per heavy atom. The van der Waals surface area contributed by atoms with Gasteiger partial charge in [0.1, 0.15) is 0 Å². The van der Waals surface area contributed by atoms with E-state index in [1.54, 1.807) is 18.2 Å². The van der Waals surface area contributed by atoms with Crippen LogP contribution < -0.4 is 10.0 Å². The Hall–Kier alpha value is -2.28. The minimum Gasteiger partial charge on any atom is -0.345 e. The van der Waals surface area contributed by atoms with Crippen LogP contribution in [0, 0.1) is 20.8 Å². The first kappa shape index (κ1) is 22.4. The molecule has 0 unspecified atom stereocenters. The average molecular weight is 432 g/mol. The summed E-state index contributed by atoms with van der Waals surface area (Å²) in [5.74, 6) is -0.0993. The molecule has 1 aromatic heterocycles. The summed E-state index contributed by atoms with van der Waals surface area (Å²) in [5.41, 5.74) is 4.59. The molecule has 1 amide bonds. The molecule has 6 nitrogen and oxygen atoms in total. The van der Waals surface area contributed by atoms with Crippen LogP contribution in [-0.2, 0) is 10.0 Å². The van der Waals surface area contributed by atoms with Crippen LogP contribution >= 0.6 is 0 Å². The van der Waals surface area contributed by atoms with Crippen molar-refractivity contribution in [3.05, 3.63) is 46.8 Å². The number of aryl methyl sites for hydroxylation is 1. The van der Waals surface area contributed by atoms with Gasteiger partial charge in [0.15, 0.2) is 0 Å². The van der Waals surface area contributed by atoms with Crippen molar-refractivity contribution in [3.8, 4) is 0 Å². The number of sulfonamides is 1. The number of amides is 1. The first-order valence-electron chi connectivity index (χ1n) is 10.8. The van der Waals surface area contributed by atoms with Gasteiger partial charge in [0.05, 0.1) is 17.0 Å². The molecule has 3 rings (SSSR count). The number of nitrogens with one attached hydrogen (secondary N) is 2. The quantitative estimate of drug-likeness (QED) is 0.622. The lowest BCUT2D eigenvalue weighted by molar-refractivity contribution is 0.102. The zero-order valence-electron chi connectivity index (χ0n) is 18.4. The molecule has 0 radical (unpaired) electrons. The summed E-state index contributed by atoms with van der Waals surface area (Å²) in [6, 6.07) is 7.69. The Bertz CT molecular complexity index is 1020. The van der Waals surface area contributed by atoms with Gasteiger partial charge in [-0.15, -0.1) is 0 Å². The number of carbonyl (C=O) groups excluding carboxylic acids is 1. The van der Waals surface area contributed by atoms with Crippen molar-refractivity contribution in [2.75, 3.05) is 15.8 Å². The Kier molecular flexibility index (Phi) is 6.91. The topological polar surface area (TPSA) is 80.2 Å². The standard InChI is InChI=1S/C23H33N3O3S/c1-5-14-30(28,29)25-22-13-9-12-21(17(22)3)24-23(27)20-15-16(2)26(18(20)4)19-10-7-6-8-11-19/h9,12-13,15,19,25H,5-8,10-11,14H2,1-4H3,(H,24,27). The van der Waals surface area contributed by atoms with Crippen LogP contribution in [0.25, 0.3) is 0 Å². The highest BCUT2D eigenvalue weighted by atomic mass is 32.2. The van der Waals surface area contributed by atoms with E-state index in [4.69, 9.17) is 0 Å². The number of nitrogens with zero attached hydrogens (tertiary/aromatic N) is 1. The molecule has 1 saturated carbocycles. The second-order valence-corrected chi connectivity index (χ2v) is 10.1.